The molecule has 0 saturated carbocycles. The minimum absolute atomic E-state index is 0.00858. The molecule has 0 fully saturated rings. The molecule has 0 aliphatic rings. The van der Waals surface area contributed by atoms with Crippen LogP contribution in [0.5, 0.6) is 0 Å². The first-order valence-corrected chi connectivity index (χ1v) is 8.55. The highest BCUT2D eigenvalue weighted by atomic mass is 19.1. The van der Waals surface area contributed by atoms with Gasteiger partial charge in [0, 0.05) is 17.1 Å². The Labute approximate surface area is 151 Å². The van der Waals surface area contributed by atoms with Crippen molar-refractivity contribution < 1.29 is 9.18 Å². The largest absolute Gasteiger partial charge is 0.332 e. The molecule has 4 nitrogen and oxygen atoms in total. The van der Waals surface area contributed by atoms with E-state index in [2.05, 4.69) is 4.98 Å². The lowest BCUT2D eigenvalue weighted by atomic mass is 10.1. The number of carbonyl (C=O) groups is 1. The fraction of sp³-hybridized carbons (Fsp3) is 0.238. The van der Waals surface area contributed by atoms with E-state index in [4.69, 9.17) is 0 Å². The van der Waals surface area contributed by atoms with Crippen LogP contribution in [-0.2, 0) is 6.54 Å². The number of nitrogens with zero attached hydrogens (tertiary/aromatic N) is 1. The molecule has 1 amide bonds. The van der Waals surface area contributed by atoms with Crippen LogP contribution in [0.1, 0.15) is 35.3 Å². The first kappa shape index (κ1) is 17.9. The Kier molecular flexibility index (Phi) is 4.89. The average Bonchev–Trinajstić information content (AvgIpc) is 2.59. The zero-order chi connectivity index (χ0) is 18.8. The summed E-state index contributed by atoms with van der Waals surface area (Å²) in [5, 5.41) is 0.904. The molecule has 0 unspecified atom stereocenters. The third-order valence-corrected chi connectivity index (χ3v) is 4.41. The predicted molar refractivity (Wildman–Crippen MR) is 101 cm³/mol. The van der Waals surface area contributed by atoms with Gasteiger partial charge in [0.2, 0.25) is 0 Å². The van der Waals surface area contributed by atoms with Gasteiger partial charge in [-0.1, -0.05) is 23.8 Å². The van der Waals surface area contributed by atoms with Gasteiger partial charge in [-0.05, 0) is 56.5 Å². The molecule has 0 bridgehead atoms. The highest BCUT2D eigenvalue weighted by Crippen LogP contribution is 2.17. The molecule has 0 aliphatic carbocycles. The van der Waals surface area contributed by atoms with E-state index in [1.165, 1.54) is 17.0 Å². The summed E-state index contributed by atoms with van der Waals surface area (Å²) in [5.74, 6) is -0.993. The van der Waals surface area contributed by atoms with E-state index in [9.17, 15) is 14.0 Å². The van der Waals surface area contributed by atoms with Crippen molar-refractivity contribution in [2.24, 2.45) is 0 Å². The molecule has 0 aliphatic heterocycles. The summed E-state index contributed by atoms with van der Waals surface area (Å²) < 4.78 is 14.0. The average molecular weight is 352 g/mol. The van der Waals surface area contributed by atoms with Crippen LogP contribution in [0.3, 0.4) is 0 Å². The summed E-state index contributed by atoms with van der Waals surface area (Å²) in [5.41, 5.74) is 2.07. The van der Waals surface area contributed by atoms with Crippen molar-refractivity contribution in [1.82, 2.24) is 9.88 Å². The Morgan fingerprint density at radius 3 is 2.58 bits per heavy atom. The minimum Gasteiger partial charge on any atom is -0.332 e. The number of rotatable bonds is 4. The van der Waals surface area contributed by atoms with Gasteiger partial charge < -0.3 is 9.88 Å². The number of amides is 1. The molecule has 1 heterocycles. The normalized spacial score (nSPS) is 11.1. The lowest BCUT2D eigenvalue weighted by Crippen LogP contribution is -2.38. The van der Waals surface area contributed by atoms with Gasteiger partial charge in [-0.2, -0.15) is 0 Å². The van der Waals surface area contributed by atoms with Crippen molar-refractivity contribution in [3.05, 3.63) is 81.4 Å². The number of aromatic amines is 1. The molecule has 5 heteroatoms. The summed E-state index contributed by atoms with van der Waals surface area (Å²) in [6.07, 6.45) is 0. The first-order chi connectivity index (χ1) is 12.4. The maximum atomic E-state index is 14.0. The first-order valence-electron chi connectivity index (χ1n) is 8.55. The Bertz CT molecular complexity index is 1020. The Morgan fingerprint density at radius 1 is 1.15 bits per heavy atom. The molecule has 1 N–H and O–H groups in total. The monoisotopic (exact) mass is 352 g/mol. The molecule has 0 spiro atoms. The van der Waals surface area contributed by atoms with Crippen LogP contribution in [0, 0.1) is 12.7 Å². The summed E-state index contributed by atoms with van der Waals surface area (Å²) in [6, 6.07) is 13.3. The fourth-order valence-electron chi connectivity index (χ4n) is 2.95. The van der Waals surface area contributed by atoms with E-state index in [0.717, 1.165) is 16.5 Å². The molecular formula is C21H21FN2O2. The number of nitrogens with one attached hydrogen (secondary N) is 1. The van der Waals surface area contributed by atoms with Gasteiger partial charge >= 0.3 is 0 Å². The van der Waals surface area contributed by atoms with Gasteiger partial charge in [0.15, 0.2) is 0 Å². The molecular weight excluding hydrogens is 331 g/mol. The minimum atomic E-state index is -0.564. The van der Waals surface area contributed by atoms with Crippen LogP contribution in [0.2, 0.25) is 0 Å². The number of pyridine rings is 1. The molecule has 3 aromatic rings. The molecule has 26 heavy (non-hydrogen) atoms. The van der Waals surface area contributed by atoms with Crippen molar-refractivity contribution in [2.75, 3.05) is 0 Å². The molecule has 1 aromatic heterocycles. The number of hydrogen-bond acceptors (Lipinski definition) is 2. The number of aromatic nitrogens is 1. The SMILES string of the molecule is Cc1ccc2[nH]c(=O)c(CN(C(=O)c3ccccc3F)C(C)C)cc2c1. The van der Waals surface area contributed by atoms with E-state index >= 15 is 0 Å². The maximum absolute atomic E-state index is 14.0. The quantitative estimate of drug-likeness (QED) is 0.771. The highest BCUT2D eigenvalue weighted by molar-refractivity contribution is 5.94. The van der Waals surface area contributed by atoms with Crippen LogP contribution < -0.4 is 5.56 Å². The Morgan fingerprint density at radius 2 is 1.88 bits per heavy atom. The standard InChI is InChI=1S/C21H21FN2O2/c1-13(2)24(21(26)17-6-4-5-7-18(17)22)12-16-11-15-10-14(3)8-9-19(15)23-20(16)25/h4-11,13H,12H2,1-3H3,(H,23,25). The topological polar surface area (TPSA) is 53.2 Å². The van der Waals surface area contributed by atoms with Crippen LogP contribution in [-0.4, -0.2) is 21.8 Å². The summed E-state index contributed by atoms with van der Waals surface area (Å²) >= 11 is 0. The van der Waals surface area contributed by atoms with Gasteiger partial charge in [0.05, 0.1) is 12.1 Å². The van der Waals surface area contributed by atoms with E-state index in [1.807, 2.05) is 39.0 Å². The summed E-state index contributed by atoms with van der Waals surface area (Å²) in [7, 11) is 0. The second-order valence-electron chi connectivity index (χ2n) is 6.72. The zero-order valence-electron chi connectivity index (χ0n) is 15.0. The van der Waals surface area contributed by atoms with Gasteiger partial charge in [0.1, 0.15) is 5.82 Å². The van der Waals surface area contributed by atoms with E-state index in [-0.39, 0.29) is 23.7 Å². The maximum Gasteiger partial charge on any atom is 0.257 e. The van der Waals surface area contributed by atoms with Gasteiger partial charge in [0.25, 0.3) is 11.5 Å². The Balaban J connectivity index is 1.99. The van der Waals surface area contributed by atoms with Gasteiger partial charge in [-0.15, -0.1) is 0 Å². The number of hydrogen-bond donors (Lipinski definition) is 1. The molecule has 134 valence electrons. The number of fused-ring (bicyclic) bond motifs is 1. The third kappa shape index (κ3) is 3.52. The summed E-state index contributed by atoms with van der Waals surface area (Å²) in [4.78, 5) is 29.6. The van der Waals surface area contributed by atoms with Crippen molar-refractivity contribution >= 4 is 16.8 Å². The van der Waals surface area contributed by atoms with E-state index in [0.29, 0.717) is 5.56 Å². The third-order valence-electron chi connectivity index (χ3n) is 4.41. The fourth-order valence-corrected chi connectivity index (χ4v) is 2.95. The van der Waals surface area contributed by atoms with Crippen molar-refractivity contribution in [3.8, 4) is 0 Å². The number of H-pyrrole nitrogens is 1. The second kappa shape index (κ2) is 7.12. The number of carbonyl (C=O) groups excluding carboxylic acids is 1. The van der Waals surface area contributed by atoms with Crippen molar-refractivity contribution in [3.63, 3.8) is 0 Å². The van der Waals surface area contributed by atoms with E-state index in [1.54, 1.807) is 18.2 Å². The van der Waals surface area contributed by atoms with Crippen LogP contribution >= 0.6 is 0 Å². The number of halogens is 1. The van der Waals surface area contributed by atoms with E-state index < -0.39 is 11.7 Å². The van der Waals surface area contributed by atoms with Gasteiger partial charge in [-0.25, -0.2) is 4.39 Å². The molecule has 0 saturated heterocycles. The van der Waals surface area contributed by atoms with Crippen molar-refractivity contribution in [1.29, 1.82) is 0 Å². The van der Waals surface area contributed by atoms with Crippen LogP contribution in [0.25, 0.3) is 10.9 Å². The Hall–Kier alpha value is -2.95. The van der Waals surface area contributed by atoms with Crippen molar-refractivity contribution in [2.45, 2.75) is 33.4 Å². The smallest absolute Gasteiger partial charge is 0.257 e. The lowest BCUT2D eigenvalue weighted by molar-refractivity contribution is 0.0685. The molecule has 2 aromatic carbocycles. The predicted octanol–water partition coefficient (Wildman–Crippen LogP) is 4.03. The summed E-state index contributed by atoms with van der Waals surface area (Å²) in [6.45, 7) is 5.78. The molecule has 0 radical (unpaired) electrons. The number of benzene rings is 2. The van der Waals surface area contributed by atoms with Gasteiger partial charge in [-0.3, -0.25) is 9.59 Å². The number of aryl methyl sites for hydroxylation is 1. The highest BCUT2D eigenvalue weighted by Gasteiger charge is 2.22. The lowest BCUT2D eigenvalue weighted by Gasteiger charge is -2.27. The zero-order valence-corrected chi connectivity index (χ0v) is 15.0. The molecule has 3 rings (SSSR count). The van der Waals surface area contributed by atoms with Crippen LogP contribution in [0.4, 0.5) is 4.39 Å². The second-order valence-corrected chi connectivity index (χ2v) is 6.72. The molecule has 0 atom stereocenters. The van der Waals surface area contributed by atoms with Crippen LogP contribution in [0.15, 0.2) is 53.3 Å².